The number of hydrogen-bond acceptors (Lipinski definition) is 2. The Kier molecular flexibility index (Phi) is 4.04. The van der Waals surface area contributed by atoms with Crippen molar-refractivity contribution in [2.45, 2.75) is 12.3 Å². The van der Waals surface area contributed by atoms with Crippen LogP contribution in [0.1, 0.15) is 28.3 Å². The van der Waals surface area contributed by atoms with E-state index in [2.05, 4.69) is 5.32 Å². The Morgan fingerprint density at radius 3 is 2.82 bits per heavy atom. The molecular weight excluding hydrogens is 288 g/mol. The highest BCUT2D eigenvalue weighted by Gasteiger charge is 2.21. The van der Waals surface area contributed by atoms with Crippen LogP contribution in [0.3, 0.4) is 0 Å². The highest BCUT2D eigenvalue weighted by molar-refractivity contribution is 5.94. The number of para-hydroxylation sites is 1. The molecule has 0 saturated heterocycles. The predicted octanol–water partition coefficient (Wildman–Crippen LogP) is 3.26. The van der Waals surface area contributed by atoms with Gasteiger partial charge in [-0.3, -0.25) is 4.79 Å². The van der Waals surface area contributed by atoms with Gasteiger partial charge in [0.25, 0.3) is 5.91 Å². The average Bonchev–Trinajstić information content (AvgIpc) is 2.55. The average molecular weight is 303 g/mol. The highest BCUT2D eigenvalue weighted by atomic mass is 19.2. The van der Waals surface area contributed by atoms with Gasteiger partial charge in [-0.2, -0.15) is 0 Å². The first kappa shape index (κ1) is 14.5. The first-order valence-corrected chi connectivity index (χ1v) is 7.10. The van der Waals surface area contributed by atoms with Crippen molar-refractivity contribution in [1.29, 1.82) is 0 Å². The summed E-state index contributed by atoms with van der Waals surface area (Å²) in [6.07, 6.45) is 0.801. The molecule has 3 nitrogen and oxygen atoms in total. The summed E-state index contributed by atoms with van der Waals surface area (Å²) in [5.74, 6) is -1.41. The number of ether oxygens (including phenoxy) is 1. The smallest absolute Gasteiger partial charge is 0.251 e. The molecule has 0 aliphatic carbocycles. The molecule has 0 bridgehead atoms. The molecule has 1 N–H and O–H groups in total. The van der Waals surface area contributed by atoms with Crippen LogP contribution >= 0.6 is 0 Å². The van der Waals surface area contributed by atoms with Crippen LogP contribution in [0.4, 0.5) is 8.78 Å². The largest absolute Gasteiger partial charge is 0.493 e. The van der Waals surface area contributed by atoms with E-state index < -0.39 is 17.5 Å². The van der Waals surface area contributed by atoms with E-state index in [9.17, 15) is 13.6 Å². The fourth-order valence-electron chi connectivity index (χ4n) is 2.58. The summed E-state index contributed by atoms with van der Waals surface area (Å²) in [7, 11) is 0. The van der Waals surface area contributed by atoms with Crippen molar-refractivity contribution >= 4 is 5.91 Å². The standard InChI is InChI=1S/C17H15F2NO2/c18-14-6-5-11(9-15(14)19)17(21)20-10-12-7-8-22-16-4-2-1-3-13(12)16/h1-6,9,12H,7-8,10H2,(H,20,21). The molecule has 22 heavy (non-hydrogen) atoms. The third kappa shape index (κ3) is 2.93. The summed E-state index contributed by atoms with van der Waals surface area (Å²) >= 11 is 0. The number of carbonyl (C=O) groups is 1. The molecular formula is C17H15F2NO2. The van der Waals surface area contributed by atoms with Gasteiger partial charge in [-0.15, -0.1) is 0 Å². The van der Waals surface area contributed by atoms with Gasteiger partial charge in [0, 0.05) is 18.0 Å². The number of amides is 1. The molecule has 1 aliphatic heterocycles. The summed E-state index contributed by atoms with van der Waals surface area (Å²) in [4.78, 5) is 12.0. The van der Waals surface area contributed by atoms with Gasteiger partial charge in [0.15, 0.2) is 11.6 Å². The van der Waals surface area contributed by atoms with Crippen LogP contribution in [0, 0.1) is 11.6 Å². The molecule has 0 spiro atoms. The minimum Gasteiger partial charge on any atom is -0.493 e. The van der Waals surface area contributed by atoms with Crippen molar-refractivity contribution in [2.24, 2.45) is 0 Å². The summed E-state index contributed by atoms with van der Waals surface area (Å²) < 4.78 is 31.6. The second-order valence-electron chi connectivity index (χ2n) is 5.21. The Hall–Kier alpha value is -2.43. The molecule has 1 heterocycles. The van der Waals surface area contributed by atoms with Gasteiger partial charge >= 0.3 is 0 Å². The number of fused-ring (bicyclic) bond motifs is 1. The third-order valence-electron chi connectivity index (χ3n) is 3.77. The summed E-state index contributed by atoms with van der Waals surface area (Å²) in [6.45, 7) is 1.03. The number of hydrogen-bond donors (Lipinski definition) is 1. The van der Waals surface area contributed by atoms with E-state index in [1.807, 2.05) is 24.3 Å². The zero-order valence-electron chi connectivity index (χ0n) is 11.8. The molecule has 3 rings (SSSR count). The number of rotatable bonds is 3. The van der Waals surface area contributed by atoms with Gasteiger partial charge < -0.3 is 10.1 Å². The maximum Gasteiger partial charge on any atom is 0.251 e. The van der Waals surface area contributed by atoms with E-state index in [1.54, 1.807) is 0 Å². The van der Waals surface area contributed by atoms with Gasteiger partial charge in [-0.25, -0.2) is 8.78 Å². The molecule has 0 radical (unpaired) electrons. The van der Waals surface area contributed by atoms with E-state index in [0.29, 0.717) is 13.2 Å². The lowest BCUT2D eigenvalue weighted by atomic mass is 9.93. The number of nitrogens with one attached hydrogen (secondary N) is 1. The van der Waals surface area contributed by atoms with Crippen LogP contribution < -0.4 is 10.1 Å². The maximum atomic E-state index is 13.2. The number of carbonyl (C=O) groups excluding carboxylic acids is 1. The Bertz CT molecular complexity index is 703. The predicted molar refractivity (Wildman–Crippen MR) is 78.0 cm³/mol. The Morgan fingerprint density at radius 2 is 2.00 bits per heavy atom. The lowest BCUT2D eigenvalue weighted by molar-refractivity contribution is 0.0947. The van der Waals surface area contributed by atoms with Gasteiger partial charge in [0.2, 0.25) is 0 Å². The molecule has 114 valence electrons. The molecule has 1 amide bonds. The summed E-state index contributed by atoms with van der Waals surface area (Å²) in [5.41, 5.74) is 1.17. The lowest BCUT2D eigenvalue weighted by Gasteiger charge is -2.26. The van der Waals surface area contributed by atoms with Crippen molar-refractivity contribution in [1.82, 2.24) is 5.32 Å². The molecule has 1 aliphatic rings. The van der Waals surface area contributed by atoms with E-state index in [1.165, 1.54) is 6.07 Å². The summed E-state index contributed by atoms with van der Waals surface area (Å²) in [6, 6.07) is 10.8. The first-order chi connectivity index (χ1) is 10.6. The van der Waals surface area contributed by atoms with Crippen LogP contribution in [-0.4, -0.2) is 19.1 Å². The zero-order chi connectivity index (χ0) is 15.5. The van der Waals surface area contributed by atoms with Crippen molar-refractivity contribution < 1.29 is 18.3 Å². The van der Waals surface area contributed by atoms with Crippen LogP contribution in [0.5, 0.6) is 5.75 Å². The fraction of sp³-hybridized carbons (Fsp3) is 0.235. The Morgan fingerprint density at radius 1 is 1.18 bits per heavy atom. The van der Waals surface area contributed by atoms with E-state index in [-0.39, 0.29) is 11.5 Å². The third-order valence-corrected chi connectivity index (χ3v) is 3.77. The van der Waals surface area contributed by atoms with Crippen LogP contribution in [0.25, 0.3) is 0 Å². The minimum atomic E-state index is -1.02. The molecule has 5 heteroatoms. The second-order valence-corrected chi connectivity index (χ2v) is 5.21. The van der Waals surface area contributed by atoms with Crippen molar-refractivity contribution in [3.8, 4) is 5.75 Å². The van der Waals surface area contributed by atoms with Crippen LogP contribution in [-0.2, 0) is 0 Å². The zero-order valence-corrected chi connectivity index (χ0v) is 11.8. The Labute approximate surface area is 126 Å². The summed E-state index contributed by atoms with van der Waals surface area (Å²) in [5, 5.41) is 2.77. The van der Waals surface area contributed by atoms with Crippen molar-refractivity contribution in [3.63, 3.8) is 0 Å². The van der Waals surface area contributed by atoms with Crippen LogP contribution in [0.2, 0.25) is 0 Å². The quantitative estimate of drug-likeness (QED) is 0.945. The molecule has 2 aromatic carbocycles. The second kappa shape index (κ2) is 6.13. The van der Waals surface area contributed by atoms with Gasteiger partial charge in [-0.1, -0.05) is 18.2 Å². The fourth-order valence-corrected chi connectivity index (χ4v) is 2.58. The van der Waals surface area contributed by atoms with Gasteiger partial charge in [0.1, 0.15) is 5.75 Å². The number of halogens is 2. The van der Waals surface area contributed by atoms with E-state index in [0.717, 1.165) is 29.9 Å². The van der Waals surface area contributed by atoms with E-state index in [4.69, 9.17) is 4.74 Å². The molecule has 1 unspecified atom stereocenters. The molecule has 0 aromatic heterocycles. The van der Waals surface area contributed by atoms with Gasteiger partial charge in [0.05, 0.1) is 6.61 Å². The number of benzene rings is 2. The molecule has 2 aromatic rings. The molecule has 0 fully saturated rings. The molecule has 0 saturated carbocycles. The SMILES string of the molecule is O=C(NCC1CCOc2ccccc21)c1ccc(F)c(F)c1. The monoisotopic (exact) mass is 303 g/mol. The highest BCUT2D eigenvalue weighted by Crippen LogP contribution is 2.32. The molecule has 1 atom stereocenters. The first-order valence-electron chi connectivity index (χ1n) is 7.10. The van der Waals surface area contributed by atoms with Crippen molar-refractivity contribution in [3.05, 3.63) is 65.2 Å². The lowest BCUT2D eigenvalue weighted by Crippen LogP contribution is -2.30. The Balaban J connectivity index is 1.68. The normalized spacial score (nSPS) is 16.5. The topological polar surface area (TPSA) is 38.3 Å². The maximum absolute atomic E-state index is 13.2. The minimum absolute atomic E-state index is 0.110. The van der Waals surface area contributed by atoms with Crippen molar-refractivity contribution in [2.75, 3.05) is 13.2 Å². The van der Waals surface area contributed by atoms with Gasteiger partial charge in [-0.05, 0) is 36.2 Å². The van der Waals surface area contributed by atoms with E-state index >= 15 is 0 Å². The van der Waals surface area contributed by atoms with Crippen LogP contribution in [0.15, 0.2) is 42.5 Å².